The number of fused-ring (bicyclic) bond motifs is 1. The maximum Gasteiger partial charge on any atom is 0.167 e. The van der Waals surface area contributed by atoms with E-state index in [0.29, 0.717) is 10.9 Å². The van der Waals surface area contributed by atoms with Gasteiger partial charge in [0.25, 0.3) is 0 Å². The minimum Gasteiger partial charge on any atom is -0.294 e. The molecule has 0 heterocycles. The summed E-state index contributed by atoms with van der Waals surface area (Å²) in [4.78, 5) is 12.9. The van der Waals surface area contributed by atoms with Gasteiger partial charge in [-0.1, -0.05) is 44.5 Å². The van der Waals surface area contributed by atoms with E-state index >= 15 is 0 Å². The van der Waals surface area contributed by atoms with Crippen LogP contribution in [0.5, 0.6) is 0 Å². The van der Waals surface area contributed by atoms with Crippen LogP contribution in [0.1, 0.15) is 43.5 Å². The number of benzene rings is 2. The summed E-state index contributed by atoms with van der Waals surface area (Å²) in [6.07, 6.45) is 3.13. The van der Waals surface area contributed by atoms with E-state index < -0.39 is 0 Å². The number of carbonyl (C=O) groups is 1. The maximum atomic E-state index is 13.8. The Morgan fingerprint density at radius 3 is 2.50 bits per heavy atom. The molecule has 0 aliphatic heterocycles. The molecule has 0 spiro atoms. The third-order valence-corrected chi connectivity index (χ3v) is 4.71. The van der Waals surface area contributed by atoms with Crippen molar-refractivity contribution in [3.63, 3.8) is 0 Å². The fourth-order valence-electron chi connectivity index (χ4n) is 3.48. The van der Waals surface area contributed by atoms with E-state index in [1.807, 2.05) is 12.1 Å². The molecule has 0 amide bonds. The van der Waals surface area contributed by atoms with E-state index in [2.05, 4.69) is 13.8 Å². The quantitative estimate of drug-likeness (QED) is 0.703. The number of ketones is 1. The van der Waals surface area contributed by atoms with Crippen molar-refractivity contribution in [2.45, 2.75) is 33.1 Å². The summed E-state index contributed by atoms with van der Waals surface area (Å²) in [6, 6.07) is 10.3. The minimum atomic E-state index is -0.261. The number of halogens is 1. The Balaban J connectivity index is 2.11. The summed E-state index contributed by atoms with van der Waals surface area (Å²) in [5.74, 6) is -0.0390. The predicted molar refractivity (Wildman–Crippen MR) is 79.4 cm³/mol. The SMILES string of the molecule is CC1(C)CCCC1C(=O)c1ccc(F)c2ccccc12. The Hall–Kier alpha value is -1.70. The van der Waals surface area contributed by atoms with Gasteiger partial charge in [0.1, 0.15) is 5.82 Å². The van der Waals surface area contributed by atoms with E-state index in [0.717, 1.165) is 24.6 Å². The van der Waals surface area contributed by atoms with Crippen molar-refractivity contribution < 1.29 is 9.18 Å². The molecule has 1 unspecified atom stereocenters. The highest BCUT2D eigenvalue weighted by Crippen LogP contribution is 2.44. The van der Waals surface area contributed by atoms with Crippen LogP contribution in [0.25, 0.3) is 10.8 Å². The Morgan fingerprint density at radius 2 is 1.85 bits per heavy atom. The van der Waals surface area contributed by atoms with Crippen LogP contribution in [0.3, 0.4) is 0 Å². The first-order valence-corrected chi connectivity index (χ1v) is 7.22. The molecule has 20 heavy (non-hydrogen) atoms. The van der Waals surface area contributed by atoms with Crippen LogP contribution in [0, 0.1) is 17.2 Å². The Kier molecular flexibility index (Phi) is 3.12. The van der Waals surface area contributed by atoms with Crippen molar-refractivity contribution in [2.75, 3.05) is 0 Å². The van der Waals surface area contributed by atoms with Gasteiger partial charge in [0.2, 0.25) is 0 Å². The molecule has 1 aliphatic carbocycles. The zero-order chi connectivity index (χ0) is 14.3. The average Bonchev–Trinajstić information content (AvgIpc) is 2.78. The molecular formula is C18H19FO. The highest BCUT2D eigenvalue weighted by molar-refractivity contribution is 6.09. The fraction of sp³-hybridized carbons (Fsp3) is 0.389. The molecule has 1 nitrogen and oxygen atoms in total. The van der Waals surface area contributed by atoms with Crippen LogP contribution in [-0.4, -0.2) is 5.78 Å². The van der Waals surface area contributed by atoms with Crippen molar-refractivity contribution in [3.8, 4) is 0 Å². The van der Waals surface area contributed by atoms with Crippen molar-refractivity contribution in [2.24, 2.45) is 11.3 Å². The van der Waals surface area contributed by atoms with Gasteiger partial charge in [-0.25, -0.2) is 4.39 Å². The summed E-state index contributed by atoms with van der Waals surface area (Å²) in [5, 5.41) is 1.27. The number of hydrogen-bond donors (Lipinski definition) is 0. The minimum absolute atomic E-state index is 0.0482. The van der Waals surface area contributed by atoms with E-state index in [1.54, 1.807) is 18.2 Å². The van der Waals surface area contributed by atoms with Gasteiger partial charge in [0.05, 0.1) is 0 Å². The summed E-state index contributed by atoms with van der Waals surface area (Å²) < 4.78 is 13.8. The molecular weight excluding hydrogens is 251 g/mol. The Bertz CT molecular complexity index is 672. The zero-order valence-corrected chi connectivity index (χ0v) is 11.9. The smallest absolute Gasteiger partial charge is 0.167 e. The normalized spacial score (nSPS) is 21.2. The first kappa shape index (κ1) is 13.3. The summed E-state index contributed by atoms with van der Waals surface area (Å²) >= 11 is 0. The second-order valence-electron chi connectivity index (χ2n) is 6.44. The highest BCUT2D eigenvalue weighted by atomic mass is 19.1. The number of hydrogen-bond acceptors (Lipinski definition) is 1. The topological polar surface area (TPSA) is 17.1 Å². The highest BCUT2D eigenvalue weighted by Gasteiger charge is 2.39. The van der Waals surface area contributed by atoms with Crippen molar-refractivity contribution in [1.82, 2.24) is 0 Å². The first-order valence-electron chi connectivity index (χ1n) is 7.22. The lowest BCUT2D eigenvalue weighted by atomic mass is 9.77. The summed E-state index contributed by atoms with van der Waals surface area (Å²) in [6.45, 7) is 4.32. The van der Waals surface area contributed by atoms with E-state index in [4.69, 9.17) is 0 Å². The van der Waals surface area contributed by atoms with Crippen molar-refractivity contribution in [1.29, 1.82) is 0 Å². The van der Waals surface area contributed by atoms with E-state index in [9.17, 15) is 9.18 Å². The molecule has 0 aromatic heterocycles. The van der Waals surface area contributed by atoms with Gasteiger partial charge in [-0.2, -0.15) is 0 Å². The summed E-state index contributed by atoms with van der Waals surface area (Å²) in [7, 11) is 0. The molecule has 0 N–H and O–H groups in total. The molecule has 0 radical (unpaired) electrons. The number of Topliss-reactive ketones (excluding diaryl/α,β-unsaturated/α-hetero) is 1. The van der Waals surface area contributed by atoms with Gasteiger partial charge in [-0.3, -0.25) is 4.79 Å². The van der Waals surface area contributed by atoms with E-state index in [1.165, 1.54) is 6.07 Å². The van der Waals surface area contributed by atoms with Crippen molar-refractivity contribution >= 4 is 16.6 Å². The number of rotatable bonds is 2. The molecule has 0 bridgehead atoms. The lowest BCUT2D eigenvalue weighted by Crippen LogP contribution is -2.26. The number of carbonyl (C=O) groups excluding carboxylic acids is 1. The molecule has 2 aromatic rings. The molecule has 2 aromatic carbocycles. The molecule has 1 aliphatic rings. The van der Waals surface area contributed by atoms with E-state index in [-0.39, 0.29) is 22.9 Å². The molecule has 2 heteroatoms. The van der Waals surface area contributed by atoms with Crippen LogP contribution >= 0.6 is 0 Å². The largest absolute Gasteiger partial charge is 0.294 e. The van der Waals surface area contributed by atoms with Gasteiger partial charge in [0.15, 0.2) is 5.78 Å². The Labute approximate surface area is 118 Å². The third kappa shape index (κ3) is 2.04. The fourth-order valence-corrected chi connectivity index (χ4v) is 3.48. The lowest BCUT2D eigenvalue weighted by Gasteiger charge is -2.26. The predicted octanol–water partition coefficient (Wildman–Crippen LogP) is 4.99. The Morgan fingerprint density at radius 1 is 1.15 bits per heavy atom. The molecule has 1 fully saturated rings. The van der Waals surface area contributed by atoms with Crippen LogP contribution in [0.15, 0.2) is 36.4 Å². The van der Waals surface area contributed by atoms with Gasteiger partial charge < -0.3 is 0 Å². The van der Waals surface area contributed by atoms with Crippen molar-refractivity contribution in [3.05, 3.63) is 47.8 Å². The van der Waals surface area contributed by atoms with Crippen LogP contribution in [0.4, 0.5) is 4.39 Å². The monoisotopic (exact) mass is 270 g/mol. The van der Waals surface area contributed by atoms with Crippen LogP contribution in [0.2, 0.25) is 0 Å². The standard InChI is InChI=1S/C18H19FO/c1-18(2)11-5-8-15(18)17(20)14-9-10-16(19)13-7-4-3-6-12(13)14/h3-4,6-7,9-10,15H,5,8,11H2,1-2H3. The second-order valence-corrected chi connectivity index (χ2v) is 6.44. The molecule has 3 rings (SSSR count). The third-order valence-electron chi connectivity index (χ3n) is 4.71. The maximum absolute atomic E-state index is 13.8. The molecule has 1 saturated carbocycles. The summed E-state index contributed by atoms with van der Waals surface area (Å²) in [5.41, 5.74) is 0.717. The first-order chi connectivity index (χ1) is 9.50. The van der Waals surface area contributed by atoms with Crippen LogP contribution < -0.4 is 0 Å². The van der Waals surface area contributed by atoms with Gasteiger partial charge in [0, 0.05) is 16.9 Å². The molecule has 1 atom stereocenters. The van der Waals surface area contributed by atoms with Crippen LogP contribution in [-0.2, 0) is 0 Å². The molecule has 104 valence electrons. The second kappa shape index (κ2) is 4.69. The van der Waals surface area contributed by atoms with Gasteiger partial charge in [-0.05, 0) is 35.8 Å². The van der Waals surface area contributed by atoms with Gasteiger partial charge >= 0.3 is 0 Å². The lowest BCUT2D eigenvalue weighted by molar-refractivity contribution is 0.0841. The average molecular weight is 270 g/mol. The van der Waals surface area contributed by atoms with Gasteiger partial charge in [-0.15, -0.1) is 0 Å². The zero-order valence-electron chi connectivity index (χ0n) is 11.9. The molecule has 0 saturated heterocycles.